The van der Waals surface area contributed by atoms with E-state index in [1.165, 1.54) is 36.3 Å². The van der Waals surface area contributed by atoms with Gasteiger partial charge in [-0.2, -0.15) is 31.4 Å². The number of hydrogen-bond acceptors (Lipinski definition) is 2. The molecule has 0 aliphatic carbocycles. The fraction of sp³-hybridized carbons (Fsp3) is 0.222. The van der Waals surface area contributed by atoms with Crippen molar-refractivity contribution in [2.75, 3.05) is 0 Å². The van der Waals surface area contributed by atoms with Crippen molar-refractivity contribution in [3.05, 3.63) is 58.1 Å². The molecule has 5 nitrogen and oxygen atoms in total. The van der Waals surface area contributed by atoms with E-state index in [1.54, 1.807) is 0 Å². The number of benzene rings is 1. The Morgan fingerprint density at radius 3 is 1.91 bits per heavy atom. The molecule has 0 radical (unpaired) electrons. The monoisotopic (exact) mass is 503 g/mol. The van der Waals surface area contributed by atoms with Crippen LogP contribution >= 0.6 is 23.2 Å². The SMILES string of the molecule is Cn1cc(-c2cnn(-c3c(Cl)cc(C(F)(C(F)(F)F)C(F)(F)F)cc3Cl)c2)cc1C(=O)O. The van der Waals surface area contributed by atoms with E-state index in [-0.39, 0.29) is 23.5 Å². The molecular weight excluding hydrogens is 494 g/mol. The van der Waals surface area contributed by atoms with Gasteiger partial charge in [-0.25, -0.2) is 13.9 Å². The summed E-state index contributed by atoms with van der Waals surface area (Å²) in [6.45, 7) is 0. The van der Waals surface area contributed by atoms with E-state index in [0.29, 0.717) is 11.1 Å². The van der Waals surface area contributed by atoms with Crippen molar-refractivity contribution >= 4 is 29.2 Å². The second kappa shape index (κ2) is 7.69. The number of aromatic carboxylic acids is 1. The predicted octanol–water partition coefficient (Wildman–Crippen LogP) is 6.17. The number of alkyl halides is 7. The zero-order chi connectivity index (χ0) is 24.2. The number of nitrogens with zero attached hydrogens (tertiary/aromatic N) is 3. The van der Waals surface area contributed by atoms with E-state index in [4.69, 9.17) is 28.3 Å². The van der Waals surface area contributed by atoms with Crippen LogP contribution in [0.1, 0.15) is 16.1 Å². The number of carbonyl (C=O) groups is 1. The molecule has 0 bridgehead atoms. The molecule has 1 aromatic carbocycles. The molecule has 3 rings (SSSR count). The van der Waals surface area contributed by atoms with Gasteiger partial charge in [0.2, 0.25) is 0 Å². The van der Waals surface area contributed by atoms with Gasteiger partial charge in [0.25, 0.3) is 0 Å². The molecule has 0 atom stereocenters. The third-order valence-electron chi connectivity index (χ3n) is 4.56. The van der Waals surface area contributed by atoms with Crippen molar-refractivity contribution in [3.8, 4) is 16.8 Å². The first-order chi connectivity index (χ1) is 14.6. The Morgan fingerprint density at radius 1 is 0.938 bits per heavy atom. The second-order valence-electron chi connectivity index (χ2n) is 6.65. The van der Waals surface area contributed by atoms with E-state index in [9.17, 15) is 35.5 Å². The summed E-state index contributed by atoms with van der Waals surface area (Å²) in [5, 5.41) is 11.6. The fourth-order valence-electron chi connectivity index (χ4n) is 3.00. The Bertz CT molecular complexity index is 1160. The topological polar surface area (TPSA) is 60.0 Å². The van der Waals surface area contributed by atoms with Crippen molar-refractivity contribution < 1.29 is 40.6 Å². The molecule has 0 spiro atoms. The van der Waals surface area contributed by atoms with E-state index >= 15 is 0 Å². The zero-order valence-electron chi connectivity index (χ0n) is 15.6. The van der Waals surface area contributed by atoms with Gasteiger partial charge in [0, 0.05) is 36.1 Å². The largest absolute Gasteiger partial charge is 0.477 e. The van der Waals surface area contributed by atoms with Crippen LogP contribution in [-0.2, 0) is 12.7 Å². The molecular formula is C18H10Cl2F7N3O2. The molecule has 3 aromatic rings. The Morgan fingerprint density at radius 2 is 1.47 bits per heavy atom. The van der Waals surface area contributed by atoms with Gasteiger partial charge in [0.1, 0.15) is 11.4 Å². The number of hydrogen-bond donors (Lipinski definition) is 1. The molecule has 172 valence electrons. The van der Waals surface area contributed by atoms with Crippen LogP contribution in [0.4, 0.5) is 30.7 Å². The minimum atomic E-state index is -6.33. The van der Waals surface area contributed by atoms with Crippen molar-refractivity contribution in [2.24, 2.45) is 7.05 Å². The maximum atomic E-state index is 14.3. The van der Waals surface area contributed by atoms with Crippen molar-refractivity contribution in [3.63, 3.8) is 0 Å². The first-order valence-corrected chi connectivity index (χ1v) is 9.10. The highest BCUT2D eigenvalue weighted by atomic mass is 35.5. The average Bonchev–Trinajstić information content (AvgIpc) is 3.25. The standard InChI is InChI=1S/C18H10Cl2F7N3O2/c1-29-6-8(2-13(29)15(31)32)9-5-28-30(7-9)14-11(19)3-10(4-12(14)20)16(21,17(22,23)24)18(25,26)27/h2-7H,1H3,(H,31,32). The number of aromatic nitrogens is 3. The van der Waals surface area contributed by atoms with Crippen molar-refractivity contribution in [1.29, 1.82) is 0 Å². The number of aryl methyl sites for hydroxylation is 1. The molecule has 2 aromatic heterocycles. The Balaban J connectivity index is 2.09. The molecule has 32 heavy (non-hydrogen) atoms. The van der Waals surface area contributed by atoms with Crippen LogP contribution in [0.25, 0.3) is 16.8 Å². The second-order valence-corrected chi connectivity index (χ2v) is 7.46. The first-order valence-electron chi connectivity index (χ1n) is 8.35. The molecule has 0 saturated carbocycles. The zero-order valence-corrected chi connectivity index (χ0v) is 17.1. The molecule has 0 fully saturated rings. The van der Waals surface area contributed by atoms with Crippen LogP contribution in [-0.4, -0.2) is 37.8 Å². The summed E-state index contributed by atoms with van der Waals surface area (Å²) in [5.74, 6) is -1.20. The van der Waals surface area contributed by atoms with Crippen molar-refractivity contribution in [1.82, 2.24) is 14.3 Å². The van der Waals surface area contributed by atoms with Crippen LogP contribution in [0.3, 0.4) is 0 Å². The summed E-state index contributed by atoms with van der Waals surface area (Å²) in [4.78, 5) is 11.2. The smallest absolute Gasteiger partial charge is 0.435 e. The van der Waals surface area contributed by atoms with Crippen LogP contribution in [0.5, 0.6) is 0 Å². The minimum Gasteiger partial charge on any atom is -0.477 e. The summed E-state index contributed by atoms with van der Waals surface area (Å²) in [7, 11) is 1.48. The third kappa shape index (κ3) is 3.81. The van der Waals surface area contributed by atoms with Crippen LogP contribution in [0, 0.1) is 0 Å². The lowest BCUT2D eigenvalue weighted by Gasteiger charge is -2.30. The highest BCUT2D eigenvalue weighted by Gasteiger charge is 2.73. The van der Waals surface area contributed by atoms with Gasteiger partial charge in [0.05, 0.1) is 16.2 Å². The lowest BCUT2D eigenvalue weighted by atomic mass is 9.94. The summed E-state index contributed by atoms with van der Waals surface area (Å²) in [5.41, 5.74) is -7.14. The van der Waals surface area contributed by atoms with E-state index in [1.807, 2.05) is 0 Å². The Labute approximate surface area is 184 Å². The molecule has 0 unspecified atom stereocenters. The Hall–Kier alpha value is -2.73. The van der Waals surface area contributed by atoms with Crippen molar-refractivity contribution in [2.45, 2.75) is 18.0 Å². The normalized spacial score (nSPS) is 12.9. The number of rotatable bonds is 4. The molecule has 0 aliphatic heterocycles. The minimum absolute atomic E-state index is 0.0493. The molecule has 1 N–H and O–H groups in total. The predicted molar refractivity (Wildman–Crippen MR) is 99.8 cm³/mol. The summed E-state index contributed by atoms with van der Waals surface area (Å²) in [6, 6.07) is 1.67. The van der Waals surface area contributed by atoms with Crippen LogP contribution in [0.15, 0.2) is 36.8 Å². The van der Waals surface area contributed by atoms with Gasteiger partial charge in [-0.1, -0.05) is 23.2 Å². The molecule has 2 heterocycles. The maximum Gasteiger partial charge on any atom is 0.435 e. The van der Waals surface area contributed by atoms with Gasteiger partial charge in [0.15, 0.2) is 0 Å². The number of carboxylic acids is 1. The Kier molecular flexibility index (Phi) is 5.75. The fourth-order valence-corrected chi connectivity index (χ4v) is 3.66. The van der Waals surface area contributed by atoms with Gasteiger partial charge in [-0.05, 0) is 18.2 Å². The lowest BCUT2D eigenvalue weighted by molar-refractivity contribution is -0.348. The van der Waals surface area contributed by atoms with Gasteiger partial charge in [-0.15, -0.1) is 0 Å². The molecule has 0 amide bonds. The molecule has 0 aliphatic rings. The summed E-state index contributed by atoms with van der Waals surface area (Å²) in [6.07, 6.45) is -8.68. The quantitative estimate of drug-likeness (QED) is 0.433. The molecule has 0 saturated heterocycles. The molecule has 14 heteroatoms. The number of halogens is 9. The van der Waals surface area contributed by atoms with E-state index < -0.39 is 39.6 Å². The summed E-state index contributed by atoms with van der Waals surface area (Å²) >= 11 is 11.7. The highest BCUT2D eigenvalue weighted by molar-refractivity contribution is 6.37. The van der Waals surface area contributed by atoms with Crippen LogP contribution in [0.2, 0.25) is 10.0 Å². The summed E-state index contributed by atoms with van der Waals surface area (Å²) < 4.78 is 94.7. The lowest BCUT2D eigenvalue weighted by Crippen LogP contribution is -2.50. The van der Waals surface area contributed by atoms with E-state index in [0.717, 1.165) is 4.68 Å². The first kappa shape index (κ1) is 23.9. The van der Waals surface area contributed by atoms with Gasteiger partial charge in [-0.3, -0.25) is 0 Å². The number of carboxylic acid groups (broad SMARTS) is 1. The van der Waals surface area contributed by atoms with Crippen LogP contribution < -0.4 is 0 Å². The highest BCUT2D eigenvalue weighted by Crippen LogP contribution is 2.54. The maximum absolute atomic E-state index is 14.3. The average molecular weight is 504 g/mol. The van der Waals surface area contributed by atoms with Gasteiger partial charge >= 0.3 is 24.0 Å². The van der Waals surface area contributed by atoms with Gasteiger partial charge < -0.3 is 9.67 Å². The van der Waals surface area contributed by atoms with E-state index in [2.05, 4.69) is 5.10 Å². The third-order valence-corrected chi connectivity index (χ3v) is 5.14.